The van der Waals surface area contributed by atoms with E-state index >= 15 is 0 Å². The highest BCUT2D eigenvalue weighted by Gasteiger charge is 2.25. The van der Waals surface area contributed by atoms with Crippen molar-refractivity contribution in [1.29, 1.82) is 0 Å². The van der Waals surface area contributed by atoms with E-state index in [-0.39, 0.29) is 0 Å². The third kappa shape index (κ3) is 3.04. The van der Waals surface area contributed by atoms with Gasteiger partial charge in [-0.1, -0.05) is 13.8 Å². The van der Waals surface area contributed by atoms with E-state index in [0.717, 1.165) is 19.0 Å². The molecule has 2 rings (SSSR count). The summed E-state index contributed by atoms with van der Waals surface area (Å²) in [5.74, 6) is 0.858. The number of hydrogen-bond donors (Lipinski definition) is 1. The minimum absolute atomic E-state index is 0.417. The first-order valence-electron chi connectivity index (χ1n) is 7.07. The van der Waals surface area contributed by atoms with Crippen LogP contribution in [0.1, 0.15) is 51.5 Å². The zero-order chi connectivity index (χ0) is 13.1. The molecule has 0 radical (unpaired) electrons. The van der Waals surface area contributed by atoms with E-state index in [1.54, 1.807) is 0 Å². The monoisotopic (exact) mass is 267 g/mol. The van der Waals surface area contributed by atoms with Gasteiger partial charge in [0.15, 0.2) is 5.13 Å². The second kappa shape index (κ2) is 6.02. The summed E-state index contributed by atoms with van der Waals surface area (Å²) >= 11 is 1.84. The van der Waals surface area contributed by atoms with E-state index < -0.39 is 0 Å². The highest BCUT2D eigenvalue weighted by Crippen LogP contribution is 2.32. The molecule has 1 fully saturated rings. The predicted molar refractivity (Wildman–Crippen MR) is 79.4 cm³/mol. The Kier molecular flexibility index (Phi) is 4.62. The molecule has 1 saturated heterocycles. The summed E-state index contributed by atoms with van der Waals surface area (Å²) in [6.45, 7) is 11.2. The van der Waals surface area contributed by atoms with Gasteiger partial charge >= 0.3 is 0 Å². The Hall–Kier alpha value is -0.610. The van der Waals surface area contributed by atoms with E-state index in [1.165, 1.54) is 22.9 Å². The predicted octanol–water partition coefficient (Wildman–Crippen LogP) is 3.44. The quantitative estimate of drug-likeness (QED) is 0.906. The molecular weight excluding hydrogens is 242 g/mol. The van der Waals surface area contributed by atoms with Crippen LogP contribution in [0.4, 0.5) is 5.13 Å². The van der Waals surface area contributed by atoms with Crippen LogP contribution >= 0.6 is 11.3 Å². The number of thiazole rings is 1. The van der Waals surface area contributed by atoms with Crippen LogP contribution in [0.5, 0.6) is 0 Å². The Labute approximate surface area is 115 Å². The third-order valence-corrected chi connectivity index (χ3v) is 5.05. The van der Waals surface area contributed by atoms with Gasteiger partial charge in [-0.3, -0.25) is 0 Å². The van der Waals surface area contributed by atoms with E-state index in [4.69, 9.17) is 0 Å². The maximum Gasteiger partial charge on any atom is 0.185 e. The van der Waals surface area contributed by atoms with Crippen molar-refractivity contribution in [2.75, 3.05) is 18.0 Å². The molecule has 0 saturated carbocycles. The van der Waals surface area contributed by atoms with Crippen molar-refractivity contribution in [3.63, 3.8) is 0 Å². The molecule has 0 spiro atoms. The molecule has 0 amide bonds. The third-order valence-electron chi connectivity index (χ3n) is 3.83. The van der Waals surface area contributed by atoms with Gasteiger partial charge in [0.1, 0.15) is 0 Å². The molecule has 102 valence electrons. The van der Waals surface area contributed by atoms with Crippen LogP contribution in [0.2, 0.25) is 0 Å². The first-order chi connectivity index (χ1) is 8.61. The van der Waals surface area contributed by atoms with Gasteiger partial charge in [-0.25, -0.2) is 4.98 Å². The first kappa shape index (κ1) is 13.8. The summed E-state index contributed by atoms with van der Waals surface area (Å²) < 4.78 is 0. The lowest BCUT2D eigenvalue weighted by molar-refractivity contribution is 0.377. The highest BCUT2D eigenvalue weighted by molar-refractivity contribution is 7.15. The second-order valence-electron chi connectivity index (χ2n) is 5.50. The van der Waals surface area contributed by atoms with Crippen LogP contribution in [0.3, 0.4) is 0 Å². The first-order valence-corrected chi connectivity index (χ1v) is 7.89. The minimum atomic E-state index is 0.417. The Balaban J connectivity index is 2.05. The summed E-state index contributed by atoms with van der Waals surface area (Å²) in [4.78, 5) is 8.45. The molecular formula is C14H25N3S. The van der Waals surface area contributed by atoms with Gasteiger partial charge in [0, 0.05) is 29.7 Å². The van der Waals surface area contributed by atoms with Gasteiger partial charge in [-0.05, 0) is 39.2 Å². The lowest BCUT2D eigenvalue weighted by Crippen LogP contribution is -2.40. The molecule has 4 heteroatoms. The maximum atomic E-state index is 4.62. The van der Waals surface area contributed by atoms with Crippen LogP contribution in [0, 0.1) is 5.92 Å². The van der Waals surface area contributed by atoms with E-state index in [9.17, 15) is 0 Å². The van der Waals surface area contributed by atoms with Crippen LogP contribution in [0.25, 0.3) is 0 Å². The smallest absolute Gasteiger partial charge is 0.185 e. The number of hydrogen-bond acceptors (Lipinski definition) is 4. The van der Waals surface area contributed by atoms with Gasteiger partial charge in [0.05, 0.1) is 0 Å². The van der Waals surface area contributed by atoms with Gasteiger partial charge in [-0.2, -0.15) is 0 Å². The van der Waals surface area contributed by atoms with Crippen LogP contribution in [-0.4, -0.2) is 24.1 Å². The largest absolute Gasteiger partial charge is 0.345 e. The summed E-state index contributed by atoms with van der Waals surface area (Å²) in [6, 6.07) is 1.04. The molecule has 1 aromatic rings. The molecule has 3 nitrogen and oxygen atoms in total. The number of nitrogens with zero attached hydrogens (tertiary/aromatic N) is 2. The number of aromatic nitrogens is 1. The molecule has 18 heavy (non-hydrogen) atoms. The average Bonchev–Trinajstić information content (AvgIpc) is 2.78. The fraction of sp³-hybridized carbons (Fsp3) is 0.786. The zero-order valence-electron chi connectivity index (χ0n) is 11.9. The fourth-order valence-electron chi connectivity index (χ4n) is 2.71. The van der Waals surface area contributed by atoms with Crippen molar-refractivity contribution in [2.24, 2.45) is 5.92 Å². The SMILES string of the molecule is CCNC(C)c1cnc(N2CCC(C)CC2C)s1. The van der Waals surface area contributed by atoms with Crippen LogP contribution in [-0.2, 0) is 0 Å². The standard InChI is InChI=1S/C14H25N3S/c1-5-15-12(4)13-9-16-14(18-13)17-7-6-10(2)8-11(17)3/h9-12,15H,5-8H2,1-4H3. The molecule has 1 aliphatic heterocycles. The molecule has 0 aromatic carbocycles. The second-order valence-corrected chi connectivity index (χ2v) is 6.54. The van der Waals surface area contributed by atoms with Gasteiger partial charge < -0.3 is 10.2 Å². The van der Waals surface area contributed by atoms with Crippen molar-refractivity contribution < 1.29 is 0 Å². The Morgan fingerprint density at radius 1 is 1.56 bits per heavy atom. The molecule has 1 N–H and O–H groups in total. The van der Waals surface area contributed by atoms with Crippen molar-refractivity contribution in [3.05, 3.63) is 11.1 Å². The summed E-state index contributed by atoms with van der Waals surface area (Å²) in [6.07, 6.45) is 4.62. The Morgan fingerprint density at radius 2 is 2.33 bits per heavy atom. The van der Waals surface area contributed by atoms with Crippen molar-refractivity contribution in [3.8, 4) is 0 Å². The van der Waals surface area contributed by atoms with E-state index in [1.807, 2.05) is 17.5 Å². The molecule has 0 bridgehead atoms. The van der Waals surface area contributed by atoms with Gasteiger partial charge in [0.25, 0.3) is 0 Å². The number of anilines is 1. The molecule has 3 unspecified atom stereocenters. The van der Waals surface area contributed by atoms with Crippen molar-refractivity contribution >= 4 is 16.5 Å². The summed E-state index contributed by atoms with van der Waals surface area (Å²) in [5.41, 5.74) is 0. The van der Waals surface area contributed by atoms with Crippen molar-refractivity contribution in [1.82, 2.24) is 10.3 Å². The van der Waals surface area contributed by atoms with Gasteiger partial charge in [0.2, 0.25) is 0 Å². The molecule has 1 aromatic heterocycles. The zero-order valence-corrected chi connectivity index (χ0v) is 12.8. The van der Waals surface area contributed by atoms with Crippen LogP contribution < -0.4 is 10.2 Å². The maximum absolute atomic E-state index is 4.62. The topological polar surface area (TPSA) is 28.2 Å². The normalized spacial score (nSPS) is 26.3. The van der Waals surface area contributed by atoms with Crippen LogP contribution in [0.15, 0.2) is 6.20 Å². The minimum Gasteiger partial charge on any atom is -0.345 e. The van der Waals surface area contributed by atoms with E-state index in [2.05, 4.69) is 42.9 Å². The van der Waals surface area contributed by atoms with Crippen molar-refractivity contribution in [2.45, 2.75) is 52.6 Å². The summed E-state index contributed by atoms with van der Waals surface area (Å²) in [7, 11) is 0. The molecule has 1 aliphatic rings. The van der Waals surface area contributed by atoms with Gasteiger partial charge in [-0.15, -0.1) is 11.3 Å². The number of nitrogens with one attached hydrogen (secondary N) is 1. The Morgan fingerprint density at radius 3 is 3.00 bits per heavy atom. The lowest BCUT2D eigenvalue weighted by Gasteiger charge is -2.36. The summed E-state index contributed by atoms with van der Waals surface area (Å²) in [5, 5.41) is 4.65. The lowest BCUT2D eigenvalue weighted by atomic mass is 9.94. The van der Waals surface area contributed by atoms with E-state index in [0.29, 0.717) is 12.1 Å². The molecule has 0 aliphatic carbocycles. The molecule has 2 heterocycles. The number of piperidine rings is 1. The highest BCUT2D eigenvalue weighted by atomic mass is 32.1. The molecule has 3 atom stereocenters. The Bertz CT molecular complexity index is 377. The number of rotatable bonds is 4. The fourth-order valence-corrected chi connectivity index (χ4v) is 3.78. The average molecular weight is 267 g/mol.